The Hall–Kier alpha value is -2.04. The maximum absolute atomic E-state index is 12.7. The van der Waals surface area contributed by atoms with E-state index in [9.17, 15) is 9.59 Å². The van der Waals surface area contributed by atoms with Gasteiger partial charge in [-0.25, -0.2) is 0 Å². The van der Waals surface area contributed by atoms with Gasteiger partial charge in [0.2, 0.25) is 5.91 Å². The summed E-state index contributed by atoms with van der Waals surface area (Å²) in [6, 6.07) is 13.2. The highest BCUT2D eigenvalue weighted by Crippen LogP contribution is 2.26. The fourth-order valence-corrected chi connectivity index (χ4v) is 3.78. The van der Waals surface area contributed by atoms with Gasteiger partial charge < -0.3 is 9.80 Å². The molecule has 1 fully saturated rings. The number of piperazine rings is 1. The van der Waals surface area contributed by atoms with Gasteiger partial charge in [0.1, 0.15) is 0 Å². The van der Waals surface area contributed by atoms with Crippen LogP contribution in [0.3, 0.4) is 0 Å². The van der Waals surface area contributed by atoms with Gasteiger partial charge in [-0.15, -0.1) is 0 Å². The largest absolute Gasteiger partial charge is 0.339 e. The normalized spacial score (nSPS) is 14.2. The lowest BCUT2D eigenvalue weighted by atomic mass is 10.1. The second-order valence-corrected chi connectivity index (χ2v) is 7.72. The molecule has 28 heavy (non-hydrogen) atoms. The van der Waals surface area contributed by atoms with Crippen LogP contribution in [0.5, 0.6) is 0 Å². The molecule has 2 amide bonds. The van der Waals surface area contributed by atoms with Crippen molar-refractivity contribution in [1.82, 2.24) is 9.80 Å². The molecule has 0 N–H and O–H groups in total. The number of halogens is 2. The molecule has 2 aromatic rings. The third-order valence-electron chi connectivity index (χ3n) is 5.17. The predicted octanol–water partition coefficient (Wildman–Crippen LogP) is 4.47. The van der Waals surface area contributed by atoms with Crippen LogP contribution in [0.25, 0.3) is 0 Å². The van der Waals surface area contributed by atoms with Gasteiger partial charge in [-0.05, 0) is 42.2 Å². The molecule has 2 aromatic carbocycles. The Morgan fingerprint density at radius 2 is 1.57 bits per heavy atom. The Morgan fingerprint density at radius 1 is 0.929 bits per heavy atom. The van der Waals surface area contributed by atoms with Crippen LogP contribution in [0, 0.1) is 0 Å². The highest BCUT2D eigenvalue weighted by Gasteiger charge is 2.24. The Labute approximate surface area is 176 Å². The Morgan fingerprint density at radius 3 is 2.21 bits per heavy atom. The first-order valence-electron chi connectivity index (χ1n) is 9.58. The molecule has 0 aromatic heterocycles. The molecule has 1 heterocycles. The molecule has 0 saturated carbocycles. The van der Waals surface area contributed by atoms with Gasteiger partial charge in [0.15, 0.2) is 0 Å². The maximum atomic E-state index is 12.7. The topological polar surface area (TPSA) is 40.6 Å². The molecule has 3 rings (SSSR count). The quantitative estimate of drug-likeness (QED) is 0.718. The summed E-state index contributed by atoms with van der Waals surface area (Å²) in [7, 11) is 0. The van der Waals surface area contributed by atoms with Crippen LogP contribution in [0.1, 0.15) is 34.8 Å². The number of aryl methyl sites for hydroxylation is 2. The minimum atomic E-state index is 0.0282. The van der Waals surface area contributed by atoms with E-state index in [1.165, 1.54) is 5.56 Å². The van der Waals surface area contributed by atoms with E-state index in [2.05, 4.69) is 6.92 Å². The molecule has 0 unspecified atom stereocenters. The van der Waals surface area contributed by atoms with E-state index in [0.717, 1.165) is 12.0 Å². The van der Waals surface area contributed by atoms with E-state index in [-0.39, 0.29) is 11.8 Å². The molecule has 0 radical (unpaired) electrons. The van der Waals surface area contributed by atoms with Crippen molar-refractivity contribution >= 4 is 35.0 Å². The minimum Gasteiger partial charge on any atom is -0.339 e. The Kier molecular flexibility index (Phi) is 6.97. The highest BCUT2D eigenvalue weighted by molar-refractivity contribution is 6.42. The van der Waals surface area contributed by atoms with Gasteiger partial charge >= 0.3 is 0 Å². The summed E-state index contributed by atoms with van der Waals surface area (Å²) in [6.45, 7) is 4.31. The van der Waals surface area contributed by atoms with Crippen LogP contribution in [-0.4, -0.2) is 47.8 Å². The maximum Gasteiger partial charge on any atom is 0.253 e. The van der Waals surface area contributed by atoms with E-state index in [0.29, 0.717) is 54.6 Å². The van der Waals surface area contributed by atoms with Crippen molar-refractivity contribution in [3.05, 3.63) is 69.2 Å². The first-order chi connectivity index (χ1) is 13.5. The molecular weight excluding hydrogens is 395 g/mol. The molecule has 0 bridgehead atoms. The van der Waals surface area contributed by atoms with E-state index in [1.807, 2.05) is 46.2 Å². The number of hydrogen-bond donors (Lipinski definition) is 0. The lowest BCUT2D eigenvalue weighted by molar-refractivity contribution is -0.132. The number of rotatable bonds is 5. The van der Waals surface area contributed by atoms with E-state index < -0.39 is 0 Å². The number of hydrogen-bond acceptors (Lipinski definition) is 2. The minimum absolute atomic E-state index is 0.0282. The van der Waals surface area contributed by atoms with Crippen molar-refractivity contribution in [3.63, 3.8) is 0 Å². The van der Waals surface area contributed by atoms with Gasteiger partial charge in [0, 0.05) is 38.2 Å². The zero-order valence-electron chi connectivity index (χ0n) is 16.0. The summed E-state index contributed by atoms with van der Waals surface area (Å²) in [6.07, 6.45) is 1.89. The molecule has 0 atom stereocenters. The average Bonchev–Trinajstić information content (AvgIpc) is 2.74. The van der Waals surface area contributed by atoms with Crippen LogP contribution < -0.4 is 0 Å². The van der Waals surface area contributed by atoms with Gasteiger partial charge in [-0.2, -0.15) is 0 Å². The van der Waals surface area contributed by atoms with E-state index in [1.54, 1.807) is 6.07 Å². The summed E-state index contributed by atoms with van der Waals surface area (Å²) in [5, 5.41) is 1.02. The number of benzene rings is 2. The number of nitrogens with zero attached hydrogens (tertiary/aromatic N) is 2. The monoisotopic (exact) mass is 418 g/mol. The number of carbonyl (C=O) groups is 2. The fraction of sp³-hybridized carbons (Fsp3) is 0.364. The summed E-state index contributed by atoms with van der Waals surface area (Å²) in [5.41, 5.74) is 2.80. The molecule has 0 spiro atoms. The third-order valence-corrected chi connectivity index (χ3v) is 6.03. The highest BCUT2D eigenvalue weighted by atomic mass is 35.5. The van der Waals surface area contributed by atoms with E-state index in [4.69, 9.17) is 23.2 Å². The van der Waals surface area contributed by atoms with Crippen LogP contribution in [0.2, 0.25) is 10.0 Å². The number of carbonyl (C=O) groups excluding carboxylic acids is 2. The second kappa shape index (κ2) is 9.44. The van der Waals surface area contributed by atoms with Crippen LogP contribution in [0.15, 0.2) is 42.5 Å². The molecule has 1 saturated heterocycles. The van der Waals surface area contributed by atoms with Crippen molar-refractivity contribution in [2.75, 3.05) is 26.2 Å². The predicted molar refractivity (Wildman–Crippen MR) is 113 cm³/mol. The molecule has 1 aliphatic heterocycles. The van der Waals surface area contributed by atoms with Crippen LogP contribution in [-0.2, 0) is 17.6 Å². The van der Waals surface area contributed by atoms with Crippen molar-refractivity contribution in [2.45, 2.75) is 26.2 Å². The average molecular weight is 419 g/mol. The summed E-state index contributed by atoms with van der Waals surface area (Å²) < 4.78 is 0. The molecular formula is C22H24Cl2N2O2. The summed E-state index contributed by atoms with van der Waals surface area (Å²) in [4.78, 5) is 28.8. The Bertz CT molecular complexity index is 844. The zero-order chi connectivity index (χ0) is 20.1. The zero-order valence-corrected chi connectivity index (χ0v) is 17.5. The van der Waals surface area contributed by atoms with Crippen LogP contribution in [0.4, 0.5) is 0 Å². The SMILES string of the molecule is CCc1ccc(C(=O)N2CCN(C(=O)CCc3cccc(Cl)c3Cl)CC2)cc1. The molecule has 6 heteroatoms. The lowest BCUT2D eigenvalue weighted by Gasteiger charge is -2.35. The molecule has 0 aliphatic carbocycles. The standard InChI is InChI=1S/C22H24Cl2N2O2/c1-2-16-6-8-18(9-7-16)22(28)26-14-12-25(13-15-26)20(27)11-10-17-4-3-5-19(23)21(17)24/h3-9H,2,10-15H2,1H3. The fourth-order valence-electron chi connectivity index (χ4n) is 3.37. The summed E-state index contributed by atoms with van der Waals surface area (Å²) in [5.74, 6) is 0.107. The molecule has 148 valence electrons. The van der Waals surface area contributed by atoms with Crippen molar-refractivity contribution in [3.8, 4) is 0 Å². The van der Waals surface area contributed by atoms with Crippen molar-refractivity contribution in [1.29, 1.82) is 0 Å². The van der Waals surface area contributed by atoms with Gasteiger partial charge in [-0.3, -0.25) is 9.59 Å². The smallest absolute Gasteiger partial charge is 0.253 e. The van der Waals surface area contributed by atoms with Gasteiger partial charge in [0.25, 0.3) is 5.91 Å². The Balaban J connectivity index is 1.50. The van der Waals surface area contributed by atoms with E-state index >= 15 is 0 Å². The van der Waals surface area contributed by atoms with Crippen molar-refractivity contribution < 1.29 is 9.59 Å². The second-order valence-electron chi connectivity index (χ2n) is 6.94. The first kappa shape index (κ1) is 20.7. The third kappa shape index (κ3) is 4.86. The van der Waals surface area contributed by atoms with Crippen molar-refractivity contribution in [2.24, 2.45) is 0 Å². The lowest BCUT2D eigenvalue weighted by Crippen LogP contribution is -2.50. The van der Waals surface area contributed by atoms with Crippen LogP contribution >= 0.6 is 23.2 Å². The van der Waals surface area contributed by atoms with Gasteiger partial charge in [-0.1, -0.05) is 54.4 Å². The molecule has 1 aliphatic rings. The first-order valence-corrected chi connectivity index (χ1v) is 10.3. The number of amides is 2. The molecule has 4 nitrogen and oxygen atoms in total. The summed E-state index contributed by atoms with van der Waals surface area (Å²) >= 11 is 12.2. The van der Waals surface area contributed by atoms with Gasteiger partial charge in [0.05, 0.1) is 10.0 Å².